The normalized spacial score (nSPS) is 13.5. The number of aromatic amines is 1. The van der Waals surface area contributed by atoms with Crippen molar-refractivity contribution in [1.29, 1.82) is 0 Å². The second kappa shape index (κ2) is 7.46. The third-order valence-electron chi connectivity index (χ3n) is 3.77. The lowest BCUT2D eigenvalue weighted by atomic mass is 10.1. The molecule has 0 aliphatic heterocycles. The second-order valence-corrected chi connectivity index (χ2v) is 5.74. The Bertz CT molecular complexity index is 956. The van der Waals surface area contributed by atoms with Gasteiger partial charge in [-0.25, -0.2) is 9.97 Å². The van der Waals surface area contributed by atoms with Crippen molar-refractivity contribution in [2.75, 3.05) is 12.8 Å². The zero-order valence-corrected chi connectivity index (χ0v) is 14.3. The zero-order chi connectivity index (χ0) is 18.7. The van der Waals surface area contributed by atoms with E-state index in [4.69, 9.17) is 15.2 Å². The van der Waals surface area contributed by atoms with Crippen LogP contribution in [0.4, 0.5) is 5.95 Å². The summed E-state index contributed by atoms with van der Waals surface area (Å²) in [5.41, 5.74) is 6.40. The smallest absolute Gasteiger partial charge is 0.280 e. The van der Waals surface area contributed by atoms with Gasteiger partial charge in [0.2, 0.25) is 5.95 Å². The molecular weight excluding hydrogens is 338 g/mol. The highest BCUT2D eigenvalue weighted by molar-refractivity contribution is 5.69. The van der Waals surface area contributed by atoms with Crippen molar-refractivity contribution in [3.8, 4) is 5.75 Å². The van der Waals surface area contributed by atoms with Gasteiger partial charge in [0.15, 0.2) is 11.2 Å². The van der Waals surface area contributed by atoms with Crippen LogP contribution in [0.5, 0.6) is 5.75 Å². The van der Waals surface area contributed by atoms with E-state index in [1.165, 1.54) is 6.20 Å². The molecule has 0 bridgehead atoms. The lowest BCUT2D eigenvalue weighted by molar-refractivity contribution is -0.0424. The molecule has 136 valence electrons. The Hall–Kier alpha value is -3.04. The van der Waals surface area contributed by atoms with Crippen molar-refractivity contribution in [2.45, 2.75) is 25.7 Å². The zero-order valence-electron chi connectivity index (χ0n) is 14.3. The number of nitrogen functional groups attached to an aromatic ring is 1. The molecule has 2 heterocycles. The summed E-state index contributed by atoms with van der Waals surface area (Å²) >= 11 is 0. The van der Waals surface area contributed by atoms with Crippen LogP contribution in [0.25, 0.3) is 11.2 Å². The van der Waals surface area contributed by atoms with E-state index in [1.54, 1.807) is 14.0 Å². The van der Waals surface area contributed by atoms with Gasteiger partial charge >= 0.3 is 0 Å². The molecule has 4 N–H and O–H groups in total. The van der Waals surface area contributed by atoms with Gasteiger partial charge in [-0.2, -0.15) is 4.98 Å². The molecule has 9 nitrogen and oxygen atoms in total. The Kier molecular flexibility index (Phi) is 5.10. The highest BCUT2D eigenvalue weighted by Gasteiger charge is 2.21. The van der Waals surface area contributed by atoms with Gasteiger partial charge in [0.25, 0.3) is 5.56 Å². The lowest BCUT2D eigenvalue weighted by Gasteiger charge is -2.20. The fraction of sp³-hybridized carbons (Fsp3) is 0.294. The topological polar surface area (TPSA) is 136 Å². The van der Waals surface area contributed by atoms with Crippen molar-refractivity contribution >= 4 is 17.1 Å². The van der Waals surface area contributed by atoms with Crippen LogP contribution < -0.4 is 16.0 Å². The number of methoxy groups -OCH3 is 1. The van der Waals surface area contributed by atoms with Crippen LogP contribution in [0.15, 0.2) is 35.3 Å². The van der Waals surface area contributed by atoms with Gasteiger partial charge in [-0.15, -0.1) is 0 Å². The molecule has 0 saturated heterocycles. The summed E-state index contributed by atoms with van der Waals surface area (Å²) in [5, 5.41) is 10.1. The molecule has 3 rings (SSSR count). The maximum absolute atomic E-state index is 12.0. The summed E-state index contributed by atoms with van der Waals surface area (Å²) < 4.78 is 10.9. The molecule has 0 amide bonds. The molecule has 0 aliphatic carbocycles. The fourth-order valence-corrected chi connectivity index (χ4v) is 2.46. The van der Waals surface area contributed by atoms with E-state index in [0.717, 1.165) is 11.3 Å². The average Bonchev–Trinajstić information content (AvgIpc) is 2.62. The van der Waals surface area contributed by atoms with Crippen LogP contribution in [-0.4, -0.2) is 38.3 Å². The van der Waals surface area contributed by atoms with Crippen molar-refractivity contribution in [3.63, 3.8) is 0 Å². The van der Waals surface area contributed by atoms with Gasteiger partial charge < -0.3 is 20.3 Å². The number of aromatic nitrogens is 4. The number of rotatable bonds is 6. The molecule has 0 aliphatic rings. The molecule has 0 fully saturated rings. The van der Waals surface area contributed by atoms with Gasteiger partial charge in [0.05, 0.1) is 31.7 Å². The van der Waals surface area contributed by atoms with E-state index >= 15 is 0 Å². The van der Waals surface area contributed by atoms with Gasteiger partial charge in [-0.1, -0.05) is 12.1 Å². The predicted molar refractivity (Wildman–Crippen MR) is 94.6 cm³/mol. The Morgan fingerprint density at radius 1 is 1.27 bits per heavy atom. The minimum absolute atomic E-state index is 0.0348. The quantitative estimate of drug-likeness (QED) is 0.593. The highest BCUT2D eigenvalue weighted by atomic mass is 16.5. The SMILES string of the molecule is COc1ccc(CO[C@H](c2cnc3nc(N)[nH]c(=O)c3n2)[C@H](C)O)cc1. The van der Waals surface area contributed by atoms with Crippen LogP contribution in [0.3, 0.4) is 0 Å². The summed E-state index contributed by atoms with van der Waals surface area (Å²) in [4.78, 5) is 26.6. The molecule has 26 heavy (non-hydrogen) atoms. The van der Waals surface area contributed by atoms with Gasteiger partial charge in [-0.3, -0.25) is 9.78 Å². The molecule has 0 spiro atoms. The van der Waals surface area contributed by atoms with E-state index in [0.29, 0.717) is 5.69 Å². The largest absolute Gasteiger partial charge is 0.497 e. The molecule has 1 aromatic carbocycles. The number of anilines is 1. The number of ether oxygens (including phenoxy) is 2. The first-order valence-corrected chi connectivity index (χ1v) is 7.93. The number of hydrogen-bond donors (Lipinski definition) is 3. The number of fused-ring (bicyclic) bond motifs is 1. The molecule has 0 unspecified atom stereocenters. The summed E-state index contributed by atoms with van der Waals surface area (Å²) in [6.45, 7) is 1.83. The number of hydrogen-bond acceptors (Lipinski definition) is 8. The van der Waals surface area contributed by atoms with Crippen LogP contribution >= 0.6 is 0 Å². The minimum Gasteiger partial charge on any atom is -0.497 e. The molecule has 2 aromatic heterocycles. The first kappa shape index (κ1) is 17.8. The molecule has 0 radical (unpaired) electrons. The second-order valence-electron chi connectivity index (χ2n) is 5.74. The monoisotopic (exact) mass is 357 g/mol. The lowest BCUT2D eigenvalue weighted by Crippen LogP contribution is -2.21. The van der Waals surface area contributed by atoms with E-state index in [1.807, 2.05) is 24.3 Å². The van der Waals surface area contributed by atoms with E-state index in [2.05, 4.69) is 19.9 Å². The number of nitrogens with one attached hydrogen (secondary N) is 1. The number of nitrogens with zero attached hydrogens (tertiary/aromatic N) is 3. The van der Waals surface area contributed by atoms with E-state index in [-0.39, 0.29) is 23.7 Å². The van der Waals surface area contributed by atoms with Crippen molar-refractivity contribution < 1.29 is 14.6 Å². The summed E-state index contributed by atoms with van der Waals surface area (Å²) in [5.74, 6) is 0.708. The number of nitrogens with two attached hydrogens (primary N) is 1. The number of H-pyrrole nitrogens is 1. The van der Waals surface area contributed by atoms with Crippen LogP contribution in [0.2, 0.25) is 0 Å². The van der Waals surface area contributed by atoms with Crippen molar-refractivity contribution in [2.24, 2.45) is 0 Å². The fourth-order valence-electron chi connectivity index (χ4n) is 2.46. The molecule has 0 saturated carbocycles. The summed E-state index contributed by atoms with van der Waals surface area (Å²) in [6.07, 6.45) is -0.202. The standard InChI is InChI=1S/C17H19N5O4/c1-9(23)14(26-8-10-3-5-11(25-2)6-4-10)12-7-19-15-13(20-12)16(24)22-17(18)21-15/h3-7,9,14,23H,8H2,1-2H3,(H3,18,19,21,22,24)/t9-,14-/m0/s1. The summed E-state index contributed by atoms with van der Waals surface area (Å²) in [7, 11) is 1.59. The number of aliphatic hydroxyl groups excluding tert-OH is 1. The maximum atomic E-state index is 12.0. The Morgan fingerprint density at radius 2 is 2.00 bits per heavy atom. The molecule has 9 heteroatoms. The van der Waals surface area contributed by atoms with Crippen LogP contribution in [0.1, 0.15) is 24.3 Å². The van der Waals surface area contributed by atoms with Gasteiger partial charge in [-0.05, 0) is 24.6 Å². The Morgan fingerprint density at radius 3 is 2.65 bits per heavy atom. The Balaban J connectivity index is 1.85. The predicted octanol–water partition coefficient (Wildman–Crippen LogP) is 0.943. The van der Waals surface area contributed by atoms with Crippen LogP contribution in [-0.2, 0) is 11.3 Å². The Labute approximate surface area is 148 Å². The minimum atomic E-state index is -0.860. The van der Waals surface area contributed by atoms with E-state index < -0.39 is 17.8 Å². The highest BCUT2D eigenvalue weighted by Crippen LogP contribution is 2.22. The van der Waals surface area contributed by atoms with Gasteiger partial charge in [0.1, 0.15) is 11.9 Å². The summed E-state index contributed by atoms with van der Waals surface area (Å²) in [6, 6.07) is 7.37. The van der Waals surface area contributed by atoms with Crippen molar-refractivity contribution in [1.82, 2.24) is 19.9 Å². The average molecular weight is 357 g/mol. The van der Waals surface area contributed by atoms with Gasteiger partial charge in [0, 0.05) is 0 Å². The first-order valence-electron chi connectivity index (χ1n) is 7.93. The third kappa shape index (κ3) is 3.79. The molecule has 2 atom stereocenters. The number of aliphatic hydroxyl groups is 1. The van der Waals surface area contributed by atoms with E-state index in [9.17, 15) is 9.90 Å². The molecular formula is C17H19N5O4. The van der Waals surface area contributed by atoms with Crippen LogP contribution in [0, 0.1) is 0 Å². The molecule has 3 aromatic rings. The number of benzene rings is 1. The maximum Gasteiger partial charge on any atom is 0.280 e. The first-order chi connectivity index (χ1) is 12.5. The van der Waals surface area contributed by atoms with Crippen molar-refractivity contribution in [3.05, 3.63) is 52.1 Å². The third-order valence-corrected chi connectivity index (χ3v) is 3.77.